The van der Waals surface area contributed by atoms with E-state index in [0.29, 0.717) is 13.1 Å². The number of hydrogen-bond acceptors (Lipinski definition) is 4. The standard InChI is InChI=1S/C19H33N3O3/c1-6-25-13-7-12-20-18(22-15-19(2,3)24-5)21-14-16-8-10-17(23-4)11-9-16/h8-11H,6-7,12-15H2,1-5H3,(H2,20,21,22). The van der Waals surface area contributed by atoms with E-state index in [4.69, 9.17) is 14.2 Å². The molecule has 0 aliphatic rings. The van der Waals surface area contributed by atoms with E-state index in [9.17, 15) is 0 Å². The van der Waals surface area contributed by atoms with Crippen LogP contribution in [-0.2, 0) is 16.0 Å². The third-order valence-electron chi connectivity index (χ3n) is 3.77. The van der Waals surface area contributed by atoms with Gasteiger partial charge in [0.2, 0.25) is 0 Å². The molecule has 25 heavy (non-hydrogen) atoms. The Hall–Kier alpha value is -1.79. The maximum atomic E-state index is 5.45. The molecule has 0 heterocycles. The van der Waals surface area contributed by atoms with Gasteiger partial charge >= 0.3 is 0 Å². The zero-order valence-corrected chi connectivity index (χ0v) is 16.2. The summed E-state index contributed by atoms with van der Waals surface area (Å²) in [6.07, 6.45) is 0.935. The van der Waals surface area contributed by atoms with Gasteiger partial charge in [-0.2, -0.15) is 0 Å². The minimum atomic E-state index is -0.256. The van der Waals surface area contributed by atoms with Crippen LogP contribution in [0, 0.1) is 0 Å². The van der Waals surface area contributed by atoms with Crippen LogP contribution >= 0.6 is 0 Å². The fourth-order valence-electron chi connectivity index (χ4n) is 1.97. The highest BCUT2D eigenvalue weighted by Gasteiger charge is 2.16. The second-order valence-electron chi connectivity index (χ2n) is 6.31. The van der Waals surface area contributed by atoms with Crippen LogP contribution in [0.1, 0.15) is 32.8 Å². The Morgan fingerprint density at radius 1 is 1.12 bits per heavy atom. The average Bonchev–Trinajstić information content (AvgIpc) is 2.63. The Bertz CT molecular complexity index is 501. The second-order valence-corrected chi connectivity index (χ2v) is 6.31. The van der Waals surface area contributed by atoms with E-state index in [1.807, 2.05) is 45.0 Å². The van der Waals surface area contributed by atoms with Crippen molar-refractivity contribution in [2.75, 3.05) is 40.5 Å². The molecule has 142 valence electrons. The van der Waals surface area contributed by atoms with Crippen molar-refractivity contribution in [3.63, 3.8) is 0 Å². The average molecular weight is 351 g/mol. The van der Waals surface area contributed by atoms with E-state index < -0.39 is 0 Å². The summed E-state index contributed by atoms with van der Waals surface area (Å²) in [6.45, 7) is 9.65. The lowest BCUT2D eigenvalue weighted by Gasteiger charge is -2.24. The lowest BCUT2D eigenvalue weighted by Crippen LogP contribution is -2.45. The van der Waals surface area contributed by atoms with Crippen molar-refractivity contribution in [1.82, 2.24) is 10.6 Å². The van der Waals surface area contributed by atoms with Gasteiger partial charge in [-0.1, -0.05) is 12.1 Å². The lowest BCUT2D eigenvalue weighted by atomic mass is 10.1. The van der Waals surface area contributed by atoms with Crippen molar-refractivity contribution < 1.29 is 14.2 Å². The summed E-state index contributed by atoms with van der Waals surface area (Å²) in [6, 6.07) is 7.94. The van der Waals surface area contributed by atoms with Gasteiger partial charge in [0.05, 0.1) is 19.3 Å². The van der Waals surface area contributed by atoms with Gasteiger partial charge in [0.15, 0.2) is 5.96 Å². The first kappa shape index (κ1) is 21.3. The van der Waals surface area contributed by atoms with Gasteiger partial charge in [0, 0.05) is 33.4 Å². The van der Waals surface area contributed by atoms with E-state index in [2.05, 4.69) is 15.6 Å². The maximum absolute atomic E-state index is 5.45. The Balaban J connectivity index is 2.60. The number of nitrogens with one attached hydrogen (secondary N) is 2. The molecular weight excluding hydrogens is 318 g/mol. The van der Waals surface area contributed by atoms with Gasteiger partial charge < -0.3 is 24.8 Å². The van der Waals surface area contributed by atoms with Gasteiger partial charge in [-0.15, -0.1) is 0 Å². The Morgan fingerprint density at radius 2 is 1.84 bits per heavy atom. The molecule has 6 heteroatoms. The molecule has 1 aromatic rings. The fourth-order valence-corrected chi connectivity index (χ4v) is 1.97. The highest BCUT2D eigenvalue weighted by Crippen LogP contribution is 2.12. The van der Waals surface area contributed by atoms with Crippen LogP contribution in [0.15, 0.2) is 29.3 Å². The van der Waals surface area contributed by atoms with Crippen LogP contribution in [0.3, 0.4) is 0 Å². The van der Waals surface area contributed by atoms with Crippen LogP contribution in [0.25, 0.3) is 0 Å². The fraction of sp³-hybridized carbons (Fsp3) is 0.632. The zero-order valence-electron chi connectivity index (χ0n) is 16.2. The number of nitrogens with zero attached hydrogens (tertiary/aromatic N) is 1. The van der Waals surface area contributed by atoms with Crippen molar-refractivity contribution >= 4 is 5.96 Å². The molecule has 0 saturated carbocycles. The number of methoxy groups -OCH3 is 2. The Labute approximate surface area is 152 Å². The summed E-state index contributed by atoms with van der Waals surface area (Å²) in [5.41, 5.74) is 0.871. The quantitative estimate of drug-likeness (QED) is 0.364. The van der Waals surface area contributed by atoms with Gasteiger partial charge in [-0.3, -0.25) is 0 Å². The zero-order chi connectivity index (χ0) is 18.5. The van der Waals surface area contributed by atoms with Crippen LogP contribution < -0.4 is 15.4 Å². The first-order chi connectivity index (χ1) is 12.0. The molecule has 0 aliphatic heterocycles. The lowest BCUT2D eigenvalue weighted by molar-refractivity contribution is 0.0268. The molecule has 2 N–H and O–H groups in total. The van der Waals surface area contributed by atoms with Crippen molar-refractivity contribution in [3.05, 3.63) is 29.8 Å². The predicted octanol–water partition coefficient (Wildman–Crippen LogP) is 2.58. The summed E-state index contributed by atoms with van der Waals surface area (Å²) < 4.78 is 16.0. The molecule has 0 unspecified atom stereocenters. The molecule has 1 rings (SSSR count). The maximum Gasteiger partial charge on any atom is 0.191 e. The molecule has 6 nitrogen and oxygen atoms in total. The molecule has 0 amide bonds. The van der Waals surface area contributed by atoms with Gasteiger partial charge in [0.25, 0.3) is 0 Å². The third kappa shape index (κ3) is 9.31. The largest absolute Gasteiger partial charge is 0.497 e. The highest BCUT2D eigenvalue weighted by molar-refractivity contribution is 5.79. The van der Waals surface area contributed by atoms with Gasteiger partial charge in [-0.05, 0) is 44.9 Å². The number of hydrogen-bond donors (Lipinski definition) is 2. The van der Waals surface area contributed by atoms with Gasteiger partial charge in [0.1, 0.15) is 5.75 Å². The molecule has 0 atom stereocenters. The summed E-state index contributed by atoms with van der Waals surface area (Å²) >= 11 is 0. The highest BCUT2D eigenvalue weighted by atomic mass is 16.5. The summed E-state index contributed by atoms with van der Waals surface area (Å²) in [4.78, 5) is 4.66. The Morgan fingerprint density at radius 3 is 2.44 bits per heavy atom. The summed E-state index contributed by atoms with van der Waals surface area (Å²) in [5.74, 6) is 1.62. The Kier molecular flexibility index (Phi) is 9.96. The van der Waals surface area contributed by atoms with E-state index in [0.717, 1.165) is 43.5 Å². The van der Waals surface area contributed by atoms with E-state index in [1.54, 1.807) is 14.2 Å². The van der Waals surface area contributed by atoms with E-state index >= 15 is 0 Å². The van der Waals surface area contributed by atoms with Crippen LogP contribution in [0.5, 0.6) is 5.75 Å². The second kappa shape index (κ2) is 11.7. The minimum absolute atomic E-state index is 0.256. The SMILES string of the molecule is CCOCCCNC(=NCc1ccc(OC)cc1)NCC(C)(C)OC. The molecule has 0 saturated heterocycles. The molecule has 0 spiro atoms. The minimum Gasteiger partial charge on any atom is -0.497 e. The molecule has 0 aliphatic carbocycles. The third-order valence-corrected chi connectivity index (χ3v) is 3.77. The normalized spacial score (nSPS) is 12.1. The first-order valence-electron chi connectivity index (χ1n) is 8.78. The molecule has 0 bridgehead atoms. The number of rotatable bonds is 11. The van der Waals surface area contributed by atoms with Gasteiger partial charge in [-0.25, -0.2) is 4.99 Å². The molecule has 1 aromatic carbocycles. The number of guanidine groups is 1. The molecule has 0 radical (unpaired) electrons. The molecule has 0 aromatic heterocycles. The van der Waals surface area contributed by atoms with Crippen molar-refractivity contribution in [2.45, 2.75) is 39.3 Å². The number of aliphatic imine (C=N–C) groups is 1. The van der Waals surface area contributed by atoms with Crippen LogP contribution in [0.4, 0.5) is 0 Å². The number of benzene rings is 1. The topological polar surface area (TPSA) is 64.1 Å². The summed E-state index contributed by atoms with van der Waals surface area (Å²) in [7, 11) is 3.38. The summed E-state index contributed by atoms with van der Waals surface area (Å²) in [5, 5.41) is 6.69. The van der Waals surface area contributed by atoms with Crippen LogP contribution in [0.2, 0.25) is 0 Å². The van der Waals surface area contributed by atoms with E-state index in [1.165, 1.54) is 0 Å². The smallest absolute Gasteiger partial charge is 0.191 e. The first-order valence-corrected chi connectivity index (χ1v) is 8.78. The van der Waals surface area contributed by atoms with Crippen LogP contribution in [-0.4, -0.2) is 52.1 Å². The van der Waals surface area contributed by atoms with Crippen molar-refractivity contribution in [3.8, 4) is 5.75 Å². The number of ether oxygens (including phenoxy) is 3. The van der Waals surface area contributed by atoms with Crippen molar-refractivity contribution in [2.24, 2.45) is 4.99 Å². The monoisotopic (exact) mass is 351 g/mol. The molecule has 0 fully saturated rings. The van der Waals surface area contributed by atoms with Crippen molar-refractivity contribution in [1.29, 1.82) is 0 Å². The van der Waals surface area contributed by atoms with E-state index in [-0.39, 0.29) is 5.60 Å². The molecular formula is C19H33N3O3. The predicted molar refractivity (Wildman–Crippen MR) is 102 cm³/mol.